The molecule has 0 saturated carbocycles. The van der Waals surface area contributed by atoms with Crippen LogP contribution in [0.5, 0.6) is 0 Å². The molecule has 3 heterocycles. The van der Waals surface area contributed by atoms with Crippen molar-refractivity contribution in [1.82, 2.24) is 15.3 Å². The fourth-order valence-electron chi connectivity index (χ4n) is 4.16. The van der Waals surface area contributed by atoms with E-state index in [1.165, 1.54) is 17.5 Å². The molecule has 1 aliphatic heterocycles. The number of aryl methyl sites for hydroxylation is 1. The highest BCUT2D eigenvalue weighted by molar-refractivity contribution is 7.92. The highest BCUT2D eigenvalue weighted by Crippen LogP contribution is 2.30. The molecule has 0 spiro atoms. The number of thiazole rings is 1. The van der Waals surface area contributed by atoms with Crippen molar-refractivity contribution in [2.45, 2.75) is 17.2 Å². The second kappa shape index (κ2) is 10.2. The molecule has 10 heteroatoms. The number of amides is 1. The van der Waals surface area contributed by atoms with E-state index in [9.17, 15) is 13.2 Å². The first kappa shape index (κ1) is 24.1. The summed E-state index contributed by atoms with van der Waals surface area (Å²) in [5.74, 6) is 0.185. The fraction of sp³-hybridized carbons (Fsp3) is 0.192. The molecule has 0 radical (unpaired) electrons. The number of nitrogens with one attached hydrogen (secondary N) is 2. The van der Waals surface area contributed by atoms with Gasteiger partial charge < -0.3 is 10.2 Å². The minimum absolute atomic E-state index is 0.272. The molecule has 2 N–H and O–H groups in total. The van der Waals surface area contributed by atoms with Crippen LogP contribution in [0.3, 0.4) is 0 Å². The van der Waals surface area contributed by atoms with Gasteiger partial charge in [-0.3, -0.25) is 10.1 Å². The van der Waals surface area contributed by atoms with Gasteiger partial charge in [0.1, 0.15) is 11.2 Å². The van der Waals surface area contributed by atoms with Crippen LogP contribution >= 0.6 is 11.3 Å². The molecule has 5 rings (SSSR count). The van der Waals surface area contributed by atoms with Crippen LogP contribution in [-0.2, 0) is 9.84 Å². The monoisotopic (exact) mass is 519 g/mol. The number of sulfone groups is 1. The van der Waals surface area contributed by atoms with Crippen molar-refractivity contribution in [3.63, 3.8) is 0 Å². The number of rotatable bonds is 6. The van der Waals surface area contributed by atoms with Crippen molar-refractivity contribution in [2.24, 2.45) is 0 Å². The van der Waals surface area contributed by atoms with E-state index >= 15 is 0 Å². The molecule has 1 saturated heterocycles. The Bertz CT molecular complexity index is 1460. The average molecular weight is 520 g/mol. The van der Waals surface area contributed by atoms with Gasteiger partial charge in [-0.2, -0.15) is 0 Å². The minimum atomic E-state index is -3.61. The number of nitrogens with zero attached hydrogens (tertiary/aromatic N) is 3. The van der Waals surface area contributed by atoms with E-state index in [-0.39, 0.29) is 17.3 Å². The molecule has 2 aromatic carbocycles. The molecular weight excluding hydrogens is 494 g/mol. The predicted molar refractivity (Wildman–Crippen MR) is 142 cm³/mol. The number of pyridine rings is 1. The van der Waals surface area contributed by atoms with Gasteiger partial charge in [-0.1, -0.05) is 48.5 Å². The van der Waals surface area contributed by atoms with Crippen molar-refractivity contribution in [1.29, 1.82) is 0 Å². The van der Waals surface area contributed by atoms with Crippen molar-refractivity contribution >= 4 is 38.0 Å². The predicted octanol–water partition coefficient (Wildman–Crippen LogP) is 3.98. The van der Waals surface area contributed by atoms with E-state index in [1.54, 1.807) is 47.4 Å². The van der Waals surface area contributed by atoms with Crippen LogP contribution in [0.1, 0.15) is 15.2 Å². The number of aromatic nitrogens is 2. The van der Waals surface area contributed by atoms with Crippen molar-refractivity contribution in [3.8, 4) is 11.3 Å². The molecule has 2 aromatic heterocycles. The summed E-state index contributed by atoms with van der Waals surface area (Å²) in [6.45, 7) is 3.38. The van der Waals surface area contributed by atoms with Gasteiger partial charge in [0.25, 0.3) is 5.91 Å². The molecule has 0 bridgehead atoms. The lowest BCUT2D eigenvalue weighted by Gasteiger charge is -2.36. The van der Waals surface area contributed by atoms with Crippen molar-refractivity contribution in [2.75, 3.05) is 29.9 Å². The first-order valence-corrected chi connectivity index (χ1v) is 13.9. The van der Waals surface area contributed by atoms with Crippen LogP contribution in [0, 0.1) is 6.92 Å². The molecule has 1 amide bonds. The van der Waals surface area contributed by atoms with Crippen LogP contribution in [0.2, 0.25) is 0 Å². The Balaban J connectivity index is 1.33. The zero-order chi connectivity index (χ0) is 25.1. The Kier molecular flexibility index (Phi) is 6.82. The quantitative estimate of drug-likeness (QED) is 0.397. The smallest absolute Gasteiger partial charge is 0.259 e. The molecule has 36 heavy (non-hydrogen) atoms. The van der Waals surface area contributed by atoms with Gasteiger partial charge >= 0.3 is 0 Å². The summed E-state index contributed by atoms with van der Waals surface area (Å²) in [5.41, 5.74) is 2.20. The molecule has 0 aliphatic carbocycles. The number of anilines is 2. The Morgan fingerprint density at radius 2 is 1.78 bits per heavy atom. The van der Waals surface area contributed by atoms with Gasteiger partial charge in [-0.25, -0.2) is 18.4 Å². The lowest BCUT2D eigenvalue weighted by molar-refractivity contribution is 0.102. The number of carbonyl (C=O) groups is 1. The number of hydrogen-bond donors (Lipinski definition) is 2. The van der Waals surface area contributed by atoms with E-state index in [4.69, 9.17) is 0 Å². The summed E-state index contributed by atoms with van der Waals surface area (Å²) >= 11 is 1.41. The Hall–Kier alpha value is -3.60. The summed E-state index contributed by atoms with van der Waals surface area (Å²) < 4.78 is 26.6. The van der Waals surface area contributed by atoms with Gasteiger partial charge in [0.2, 0.25) is 9.84 Å². The van der Waals surface area contributed by atoms with Crippen LogP contribution in [0.25, 0.3) is 11.3 Å². The number of hydrogen-bond acceptors (Lipinski definition) is 8. The number of benzene rings is 2. The van der Waals surface area contributed by atoms with Crippen LogP contribution in [0.4, 0.5) is 10.9 Å². The zero-order valence-electron chi connectivity index (χ0n) is 19.6. The standard InChI is InChI=1S/C26H25N5O3S2/c1-18-24(19-8-4-2-5-9-19)29-26(35-18)30-25(32)20-12-13-22(28-16-20)31-15-14-27-17-23(31)36(33,34)21-10-6-3-7-11-21/h2-13,16,23,27H,14-15,17H2,1H3,(H,29,30,32). The Morgan fingerprint density at radius 3 is 2.47 bits per heavy atom. The van der Waals surface area contributed by atoms with Gasteiger partial charge in [0.15, 0.2) is 5.13 Å². The third-order valence-corrected chi connectivity index (χ3v) is 8.95. The van der Waals surface area contributed by atoms with Crippen LogP contribution < -0.4 is 15.5 Å². The first-order valence-electron chi connectivity index (χ1n) is 11.5. The third kappa shape index (κ3) is 4.88. The SMILES string of the molecule is Cc1sc(NC(=O)c2ccc(N3CCNCC3S(=O)(=O)c3ccccc3)nc2)nc1-c1ccccc1. The topological polar surface area (TPSA) is 104 Å². The summed E-state index contributed by atoms with van der Waals surface area (Å²) in [5, 5.41) is 5.73. The lowest BCUT2D eigenvalue weighted by atomic mass is 10.1. The molecule has 1 atom stereocenters. The summed E-state index contributed by atoms with van der Waals surface area (Å²) in [4.78, 5) is 25.0. The van der Waals surface area contributed by atoms with E-state index in [2.05, 4.69) is 20.6 Å². The Morgan fingerprint density at radius 1 is 1.06 bits per heavy atom. The van der Waals surface area contributed by atoms with Crippen molar-refractivity contribution < 1.29 is 13.2 Å². The highest BCUT2D eigenvalue weighted by Gasteiger charge is 2.35. The van der Waals surface area contributed by atoms with Gasteiger partial charge in [0.05, 0.1) is 16.2 Å². The second-order valence-corrected chi connectivity index (χ2v) is 11.7. The van der Waals surface area contributed by atoms with E-state index in [0.717, 1.165) is 16.1 Å². The lowest BCUT2D eigenvalue weighted by Crippen LogP contribution is -2.55. The van der Waals surface area contributed by atoms with Crippen LogP contribution in [-0.4, -0.2) is 49.3 Å². The maximum atomic E-state index is 13.3. The number of carbonyl (C=O) groups excluding carboxylic acids is 1. The summed E-state index contributed by atoms with van der Waals surface area (Å²) in [6.07, 6.45) is 1.47. The van der Waals surface area contributed by atoms with Crippen LogP contribution in [0.15, 0.2) is 83.9 Å². The first-order chi connectivity index (χ1) is 17.4. The minimum Gasteiger partial charge on any atom is -0.337 e. The molecular formula is C26H25N5O3S2. The zero-order valence-corrected chi connectivity index (χ0v) is 21.2. The van der Waals surface area contributed by atoms with Gasteiger partial charge in [0, 0.05) is 36.3 Å². The second-order valence-electron chi connectivity index (χ2n) is 8.36. The third-order valence-electron chi connectivity index (χ3n) is 5.99. The largest absolute Gasteiger partial charge is 0.337 e. The maximum Gasteiger partial charge on any atom is 0.259 e. The summed E-state index contributed by atoms with van der Waals surface area (Å²) in [7, 11) is -3.61. The molecule has 184 valence electrons. The maximum absolute atomic E-state index is 13.3. The molecule has 1 unspecified atom stereocenters. The average Bonchev–Trinajstić information content (AvgIpc) is 3.29. The molecule has 1 fully saturated rings. The highest BCUT2D eigenvalue weighted by atomic mass is 32.2. The molecule has 4 aromatic rings. The summed E-state index contributed by atoms with van der Waals surface area (Å²) in [6, 6.07) is 21.6. The normalized spacial score (nSPS) is 16.0. The molecule has 1 aliphatic rings. The molecule has 8 nitrogen and oxygen atoms in total. The van der Waals surface area contributed by atoms with Gasteiger partial charge in [-0.15, -0.1) is 11.3 Å². The number of piperazine rings is 1. The fourth-order valence-corrected chi connectivity index (χ4v) is 6.73. The van der Waals surface area contributed by atoms with Crippen molar-refractivity contribution in [3.05, 3.63) is 89.4 Å². The van der Waals surface area contributed by atoms with E-state index in [0.29, 0.717) is 29.6 Å². The van der Waals surface area contributed by atoms with Gasteiger partial charge in [-0.05, 0) is 31.2 Å². The van der Waals surface area contributed by atoms with E-state index in [1.807, 2.05) is 37.3 Å². The Labute approximate surface area is 214 Å². The van der Waals surface area contributed by atoms with E-state index < -0.39 is 15.2 Å².